The number of carbonyl (C=O) groups excluding carboxylic acids is 3. The molecule has 0 radical (unpaired) electrons. The van der Waals surface area contributed by atoms with E-state index in [1.807, 2.05) is 57.2 Å². The molecule has 0 spiro atoms. The van der Waals surface area contributed by atoms with E-state index < -0.39 is 12.0 Å². The molecule has 6 nitrogen and oxygen atoms in total. The number of ether oxygens (including phenoxy) is 1. The molecule has 0 bridgehead atoms. The number of esters is 1. The molecule has 158 valence electrons. The molecule has 2 amide bonds. The maximum atomic E-state index is 12.7. The molecule has 1 aliphatic heterocycles. The number of para-hydroxylation sites is 1. The van der Waals surface area contributed by atoms with Crippen molar-refractivity contribution >= 4 is 23.5 Å². The Labute approximate surface area is 177 Å². The Hall–Kier alpha value is -3.15. The summed E-state index contributed by atoms with van der Waals surface area (Å²) in [5, 5.41) is 2.75. The fourth-order valence-electron chi connectivity index (χ4n) is 3.64. The summed E-state index contributed by atoms with van der Waals surface area (Å²) in [6.07, 6.45) is 1.80. The molecule has 1 unspecified atom stereocenters. The third-order valence-corrected chi connectivity index (χ3v) is 5.35. The van der Waals surface area contributed by atoms with Crippen molar-refractivity contribution in [1.29, 1.82) is 0 Å². The fourth-order valence-corrected chi connectivity index (χ4v) is 3.64. The van der Waals surface area contributed by atoms with E-state index in [0.29, 0.717) is 12.1 Å². The minimum Gasteiger partial charge on any atom is -0.454 e. The molecule has 1 aliphatic rings. The smallest absolute Gasteiger partial charge is 0.329 e. The van der Waals surface area contributed by atoms with Gasteiger partial charge in [-0.15, -0.1) is 0 Å². The highest BCUT2D eigenvalue weighted by Crippen LogP contribution is 2.26. The zero-order valence-electron chi connectivity index (χ0n) is 17.7. The molecule has 6 heteroatoms. The van der Waals surface area contributed by atoms with Crippen LogP contribution in [0.25, 0.3) is 0 Å². The summed E-state index contributed by atoms with van der Waals surface area (Å²) < 4.78 is 5.32. The van der Waals surface area contributed by atoms with E-state index in [0.717, 1.165) is 29.7 Å². The molecular formula is C24H28N2O4. The summed E-state index contributed by atoms with van der Waals surface area (Å²) >= 11 is 0. The first-order chi connectivity index (χ1) is 14.4. The van der Waals surface area contributed by atoms with Gasteiger partial charge in [0.1, 0.15) is 6.04 Å². The van der Waals surface area contributed by atoms with E-state index >= 15 is 0 Å². The first-order valence-electron chi connectivity index (χ1n) is 10.3. The number of amides is 2. The van der Waals surface area contributed by atoms with Gasteiger partial charge in [0.05, 0.1) is 0 Å². The first kappa shape index (κ1) is 21.6. The van der Waals surface area contributed by atoms with Gasteiger partial charge in [-0.25, -0.2) is 4.79 Å². The van der Waals surface area contributed by atoms with E-state index in [9.17, 15) is 14.4 Å². The van der Waals surface area contributed by atoms with Crippen LogP contribution in [0.5, 0.6) is 0 Å². The zero-order chi connectivity index (χ0) is 21.7. The van der Waals surface area contributed by atoms with E-state index in [4.69, 9.17) is 4.74 Å². The van der Waals surface area contributed by atoms with E-state index in [1.54, 1.807) is 17.0 Å². The third kappa shape index (κ3) is 4.87. The van der Waals surface area contributed by atoms with Gasteiger partial charge in [-0.2, -0.15) is 0 Å². The molecule has 1 N–H and O–H groups in total. The highest BCUT2D eigenvalue weighted by Gasteiger charge is 2.29. The Morgan fingerprint density at radius 3 is 2.50 bits per heavy atom. The first-order valence-corrected chi connectivity index (χ1v) is 10.3. The summed E-state index contributed by atoms with van der Waals surface area (Å²) in [4.78, 5) is 39.7. The molecule has 1 atom stereocenters. The largest absolute Gasteiger partial charge is 0.454 e. The van der Waals surface area contributed by atoms with Crippen LogP contribution in [0.2, 0.25) is 0 Å². The van der Waals surface area contributed by atoms with Crippen LogP contribution in [0.15, 0.2) is 48.5 Å². The van der Waals surface area contributed by atoms with Gasteiger partial charge < -0.3 is 15.0 Å². The average molecular weight is 408 g/mol. The molecule has 3 rings (SSSR count). The SMILES string of the molecule is Cc1ccccc1C(=O)NC(C(=O)OCC(=O)N1CCCc2ccccc21)C(C)C. The maximum Gasteiger partial charge on any atom is 0.329 e. The van der Waals surface area contributed by atoms with Crippen LogP contribution in [-0.2, 0) is 20.7 Å². The van der Waals surface area contributed by atoms with Crippen molar-refractivity contribution in [3.8, 4) is 0 Å². The second-order valence-corrected chi connectivity index (χ2v) is 7.90. The number of anilines is 1. The number of nitrogens with one attached hydrogen (secondary N) is 1. The van der Waals surface area contributed by atoms with Crippen LogP contribution >= 0.6 is 0 Å². The Balaban J connectivity index is 1.63. The second-order valence-electron chi connectivity index (χ2n) is 7.90. The Morgan fingerprint density at radius 2 is 1.77 bits per heavy atom. The molecular weight excluding hydrogens is 380 g/mol. The molecule has 30 heavy (non-hydrogen) atoms. The van der Waals surface area contributed by atoms with Crippen molar-refractivity contribution in [2.75, 3.05) is 18.1 Å². The maximum absolute atomic E-state index is 12.7. The predicted octanol–water partition coefficient (Wildman–Crippen LogP) is 3.27. The van der Waals surface area contributed by atoms with Crippen molar-refractivity contribution in [1.82, 2.24) is 5.32 Å². The standard InChI is InChI=1S/C24H28N2O4/c1-16(2)22(25-23(28)19-12-6-4-9-17(19)3)24(29)30-15-21(27)26-14-8-11-18-10-5-7-13-20(18)26/h4-7,9-10,12-13,16,22H,8,11,14-15H2,1-3H3,(H,25,28). The lowest BCUT2D eigenvalue weighted by molar-refractivity contribution is -0.150. The molecule has 2 aromatic rings. The number of carbonyl (C=O) groups is 3. The van der Waals surface area contributed by atoms with E-state index in [2.05, 4.69) is 5.32 Å². The molecule has 2 aromatic carbocycles. The summed E-state index contributed by atoms with van der Waals surface area (Å²) in [5.41, 5.74) is 3.33. The number of nitrogens with zero attached hydrogens (tertiary/aromatic N) is 1. The molecule has 1 heterocycles. The average Bonchev–Trinajstić information content (AvgIpc) is 2.75. The lowest BCUT2D eigenvalue weighted by Crippen LogP contribution is -2.46. The highest BCUT2D eigenvalue weighted by atomic mass is 16.5. The molecule has 0 saturated heterocycles. The van der Waals surface area contributed by atoms with E-state index in [1.165, 1.54) is 0 Å². The minimum atomic E-state index is -0.835. The zero-order valence-corrected chi connectivity index (χ0v) is 17.7. The van der Waals surface area contributed by atoms with Crippen LogP contribution in [-0.4, -0.2) is 37.0 Å². The van der Waals surface area contributed by atoms with E-state index in [-0.39, 0.29) is 24.3 Å². The Morgan fingerprint density at radius 1 is 1.07 bits per heavy atom. The lowest BCUT2D eigenvalue weighted by atomic mass is 10.0. The fraction of sp³-hybridized carbons (Fsp3) is 0.375. The van der Waals surface area contributed by atoms with Gasteiger partial charge in [0.25, 0.3) is 11.8 Å². The quantitative estimate of drug-likeness (QED) is 0.745. The molecule has 0 aliphatic carbocycles. The highest BCUT2D eigenvalue weighted by molar-refractivity contribution is 5.99. The summed E-state index contributed by atoms with van der Waals surface area (Å²) in [5.74, 6) is -1.38. The van der Waals surface area contributed by atoms with Gasteiger partial charge in [-0.1, -0.05) is 50.2 Å². The number of benzene rings is 2. The van der Waals surface area contributed by atoms with Crippen molar-refractivity contribution in [3.63, 3.8) is 0 Å². The second kappa shape index (κ2) is 9.57. The van der Waals surface area contributed by atoms with Gasteiger partial charge in [0.2, 0.25) is 0 Å². The molecule has 0 aromatic heterocycles. The Kier molecular flexibility index (Phi) is 6.87. The third-order valence-electron chi connectivity index (χ3n) is 5.35. The van der Waals surface area contributed by atoms with Crippen LogP contribution in [0.4, 0.5) is 5.69 Å². The predicted molar refractivity (Wildman–Crippen MR) is 115 cm³/mol. The van der Waals surface area contributed by atoms with Gasteiger partial charge >= 0.3 is 5.97 Å². The van der Waals surface area contributed by atoms with Crippen molar-refractivity contribution < 1.29 is 19.1 Å². The van der Waals surface area contributed by atoms with Crippen LogP contribution in [0.1, 0.15) is 41.8 Å². The number of fused-ring (bicyclic) bond motifs is 1. The van der Waals surface area contributed by atoms with Crippen LogP contribution in [0, 0.1) is 12.8 Å². The number of aryl methyl sites for hydroxylation is 2. The van der Waals surface area contributed by atoms with Crippen LogP contribution in [0.3, 0.4) is 0 Å². The van der Waals surface area contributed by atoms with Gasteiger partial charge in [-0.05, 0) is 48.9 Å². The van der Waals surface area contributed by atoms with Crippen molar-refractivity contribution in [2.45, 2.75) is 39.7 Å². The van der Waals surface area contributed by atoms with Crippen LogP contribution < -0.4 is 10.2 Å². The molecule has 0 fully saturated rings. The summed E-state index contributed by atoms with van der Waals surface area (Å²) in [6, 6.07) is 14.1. The summed E-state index contributed by atoms with van der Waals surface area (Å²) in [6.45, 7) is 5.74. The number of hydrogen-bond acceptors (Lipinski definition) is 4. The van der Waals surface area contributed by atoms with Gasteiger partial charge in [0.15, 0.2) is 6.61 Å². The normalized spacial score (nSPS) is 14.1. The van der Waals surface area contributed by atoms with Gasteiger partial charge in [-0.3, -0.25) is 9.59 Å². The summed E-state index contributed by atoms with van der Waals surface area (Å²) in [7, 11) is 0. The monoisotopic (exact) mass is 408 g/mol. The number of rotatable bonds is 6. The van der Waals surface area contributed by atoms with Gasteiger partial charge in [0, 0.05) is 17.8 Å². The minimum absolute atomic E-state index is 0.184. The number of hydrogen-bond donors (Lipinski definition) is 1. The van der Waals surface area contributed by atoms with Crippen molar-refractivity contribution in [3.05, 3.63) is 65.2 Å². The topological polar surface area (TPSA) is 75.7 Å². The van der Waals surface area contributed by atoms with Crippen molar-refractivity contribution in [2.24, 2.45) is 5.92 Å². The molecule has 0 saturated carbocycles. The Bertz CT molecular complexity index is 938. The lowest BCUT2D eigenvalue weighted by Gasteiger charge is -2.29.